The van der Waals surface area contributed by atoms with Crippen LogP contribution in [0.15, 0.2) is 23.1 Å². The fourth-order valence-corrected chi connectivity index (χ4v) is 2.76. The molecule has 0 aliphatic carbocycles. The van der Waals surface area contributed by atoms with Crippen LogP contribution in [0.25, 0.3) is 0 Å². The quantitative estimate of drug-likeness (QED) is 0.854. The van der Waals surface area contributed by atoms with Crippen LogP contribution >= 0.6 is 0 Å². The second kappa shape index (κ2) is 6.76. The van der Waals surface area contributed by atoms with Gasteiger partial charge in [-0.05, 0) is 13.8 Å². The number of piperidine rings is 1. The molecule has 1 aliphatic heterocycles. The van der Waals surface area contributed by atoms with Gasteiger partial charge in [0.25, 0.3) is 0 Å². The lowest BCUT2D eigenvalue weighted by atomic mass is 10.1. The zero-order chi connectivity index (χ0) is 16.2. The molecule has 1 saturated heterocycles. The topological polar surface area (TPSA) is 81.4 Å². The summed E-state index contributed by atoms with van der Waals surface area (Å²) in [5, 5.41) is 3.90. The Morgan fingerprint density at radius 2 is 2.17 bits per heavy atom. The Bertz CT molecular complexity index is 644. The second-order valence-electron chi connectivity index (χ2n) is 5.73. The molecule has 0 bridgehead atoms. The molecule has 1 amide bonds. The smallest absolute Gasteiger partial charge is 0.227 e. The zero-order valence-electron chi connectivity index (χ0n) is 13.4. The van der Waals surface area contributed by atoms with E-state index in [1.54, 1.807) is 12.3 Å². The molecule has 122 valence electrons. The number of ether oxygens (including phenoxy) is 1. The van der Waals surface area contributed by atoms with E-state index in [0.717, 1.165) is 29.9 Å². The highest BCUT2D eigenvalue weighted by Gasteiger charge is 2.25. The maximum atomic E-state index is 12.4. The minimum absolute atomic E-state index is 0.0908. The highest BCUT2D eigenvalue weighted by Crippen LogP contribution is 2.19. The number of aryl methyl sites for hydroxylation is 2. The summed E-state index contributed by atoms with van der Waals surface area (Å²) in [4.78, 5) is 22.2. The first-order valence-electron chi connectivity index (χ1n) is 7.75. The molecule has 3 rings (SSSR count). The van der Waals surface area contributed by atoms with Crippen molar-refractivity contribution in [2.75, 3.05) is 13.1 Å². The summed E-state index contributed by atoms with van der Waals surface area (Å²) in [6.07, 6.45) is 5.17. The van der Waals surface area contributed by atoms with Crippen LogP contribution in [-0.2, 0) is 11.2 Å². The van der Waals surface area contributed by atoms with Gasteiger partial charge in [-0.3, -0.25) is 4.79 Å². The lowest BCUT2D eigenvalue weighted by molar-refractivity contribution is -0.132. The number of rotatable bonds is 4. The van der Waals surface area contributed by atoms with Crippen molar-refractivity contribution in [1.29, 1.82) is 0 Å². The number of likely N-dealkylation sites (tertiary alicyclic amines) is 1. The molecule has 0 saturated carbocycles. The predicted octanol–water partition coefficient (Wildman–Crippen LogP) is 1.69. The van der Waals surface area contributed by atoms with Crippen molar-refractivity contribution in [2.24, 2.45) is 0 Å². The third-order valence-electron chi connectivity index (χ3n) is 4.15. The van der Waals surface area contributed by atoms with E-state index in [0.29, 0.717) is 25.4 Å². The van der Waals surface area contributed by atoms with E-state index < -0.39 is 0 Å². The van der Waals surface area contributed by atoms with Gasteiger partial charge in [0.15, 0.2) is 0 Å². The second-order valence-corrected chi connectivity index (χ2v) is 5.73. The number of carbonyl (C=O) groups is 1. The van der Waals surface area contributed by atoms with Crippen LogP contribution in [0.1, 0.15) is 29.9 Å². The lowest BCUT2D eigenvalue weighted by Crippen LogP contribution is -2.42. The first kappa shape index (κ1) is 15.5. The van der Waals surface area contributed by atoms with Crippen LogP contribution in [0.4, 0.5) is 0 Å². The van der Waals surface area contributed by atoms with Crippen molar-refractivity contribution in [1.82, 2.24) is 20.0 Å². The van der Waals surface area contributed by atoms with Crippen LogP contribution in [-0.4, -0.2) is 45.1 Å². The summed E-state index contributed by atoms with van der Waals surface area (Å²) in [7, 11) is 0. The third-order valence-corrected chi connectivity index (χ3v) is 4.15. The summed E-state index contributed by atoms with van der Waals surface area (Å²) in [5.41, 5.74) is 1.69. The van der Waals surface area contributed by atoms with Crippen molar-refractivity contribution in [3.8, 4) is 5.88 Å². The molecule has 1 fully saturated rings. The largest absolute Gasteiger partial charge is 0.474 e. The number of carbonyl (C=O) groups excluding carboxylic acids is 1. The molecular formula is C16H20N4O3. The van der Waals surface area contributed by atoms with E-state index >= 15 is 0 Å². The molecule has 0 aromatic carbocycles. The van der Waals surface area contributed by atoms with E-state index in [1.807, 2.05) is 18.7 Å². The van der Waals surface area contributed by atoms with Gasteiger partial charge in [-0.25, -0.2) is 9.97 Å². The lowest BCUT2D eigenvalue weighted by Gasteiger charge is -2.32. The van der Waals surface area contributed by atoms with Crippen LogP contribution in [0.5, 0.6) is 5.88 Å². The standard InChI is InChI=1S/C16H20N4O3/c1-11-14(12(2)23-19-11)9-16(21)20-7-4-13(5-8-20)22-15-3-6-17-10-18-15/h3,6,10,13H,4-5,7-9H2,1-2H3. The van der Waals surface area contributed by atoms with Crippen LogP contribution in [0.3, 0.4) is 0 Å². The molecule has 1 aliphatic rings. The summed E-state index contributed by atoms with van der Waals surface area (Å²) in [6.45, 7) is 5.08. The van der Waals surface area contributed by atoms with Crippen LogP contribution < -0.4 is 4.74 Å². The third kappa shape index (κ3) is 3.67. The number of hydrogen-bond donors (Lipinski definition) is 0. The van der Waals surface area contributed by atoms with Crippen LogP contribution in [0.2, 0.25) is 0 Å². The van der Waals surface area contributed by atoms with Gasteiger partial charge in [0.2, 0.25) is 11.8 Å². The van der Waals surface area contributed by atoms with E-state index in [1.165, 1.54) is 6.33 Å². The summed E-state index contributed by atoms with van der Waals surface area (Å²) in [6, 6.07) is 1.75. The first-order chi connectivity index (χ1) is 11.1. The average molecular weight is 316 g/mol. The molecule has 0 atom stereocenters. The maximum Gasteiger partial charge on any atom is 0.227 e. The van der Waals surface area contributed by atoms with Gasteiger partial charge in [0.1, 0.15) is 18.2 Å². The van der Waals surface area contributed by atoms with Crippen molar-refractivity contribution < 1.29 is 14.1 Å². The summed E-state index contributed by atoms with van der Waals surface area (Å²) in [5.74, 6) is 1.42. The Balaban J connectivity index is 1.51. The summed E-state index contributed by atoms with van der Waals surface area (Å²) >= 11 is 0. The van der Waals surface area contributed by atoms with E-state index in [2.05, 4.69) is 15.1 Å². The molecular weight excluding hydrogens is 296 g/mol. The molecule has 0 radical (unpaired) electrons. The van der Waals surface area contributed by atoms with Crippen molar-refractivity contribution in [3.05, 3.63) is 35.6 Å². The molecule has 0 spiro atoms. The van der Waals surface area contributed by atoms with E-state index in [4.69, 9.17) is 9.26 Å². The van der Waals surface area contributed by atoms with Gasteiger partial charge < -0.3 is 14.2 Å². The highest BCUT2D eigenvalue weighted by molar-refractivity contribution is 5.79. The molecule has 2 aromatic heterocycles. The normalized spacial score (nSPS) is 15.7. The number of hydrogen-bond acceptors (Lipinski definition) is 6. The fourth-order valence-electron chi connectivity index (χ4n) is 2.76. The predicted molar refractivity (Wildman–Crippen MR) is 81.9 cm³/mol. The van der Waals surface area contributed by atoms with Gasteiger partial charge in [-0.1, -0.05) is 5.16 Å². The zero-order valence-corrected chi connectivity index (χ0v) is 13.4. The minimum atomic E-state index is 0.0908. The Morgan fingerprint density at radius 3 is 2.78 bits per heavy atom. The highest BCUT2D eigenvalue weighted by atomic mass is 16.5. The first-order valence-corrected chi connectivity index (χ1v) is 7.75. The summed E-state index contributed by atoms with van der Waals surface area (Å²) < 4.78 is 10.9. The Hall–Kier alpha value is -2.44. The maximum absolute atomic E-state index is 12.4. The molecule has 7 heteroatoms. The van der Waals surface area contributed by atoms with Gasteiger partial charge >= 0.3 is 0 Å². The average Bonchev–Trinajstić information content (AvgIpc) is 2.88. The Labute approximate surface area is 134 Å². The van der Waals surface area contributed by atoms with E-state index in [-0.39, 0.29) is 12.0 Å². The monoisotopic (exact) mass is 316 g/mol. The Kier molecular flexibility index (Phi) is 4.55. The molecule has 7 nitrogen and oxygen atoms in total. The minimum Gasteiger partial charge on any atom is -0.474 e. The van der Waals surface area contributed by atoms with Gasteiger partial charge in [-0.2, -0.15) is 0 Å². The van der Waals surface area contributed by atoms with Gasteiger partial charge in [0.05, 0.1) is 12.1 Å². The fraction of sp³-hybridized carbons (Fsp3) is 0.500. The molecule has 23 heavy (non-hydrogen) atoms. The Morgan fingerprint density at radius 1 is 1.39 bits per heavy atom. The van der Waals surface area contributed by atoms with Crippen molar-refractivity contribution in [3.63, 3.8) is 0 Å². The number of amides is 1. The molecule has 0 unspecified atom stereocenters. The number of nitrogens with zero attached hydrogens (tertiary/aromatic N) is 4. The van der Waals surface area contributed by atoms with E-state index in [9.17, 15) is 4.79 Å². The van der Waals surface area contributed by atoms with Gasteiger partial charge in [0, 0.05) is 43.8 Å². The SMILES string of the molecule is Cc1noc(C)c1CC(=O)N1CCC(Oc2ccncn2)CC1. The molecule has 2 aromatic rings. The van der Waals surface area contributed by atoms with Gasteiger partial charge in [-0.15, -0.1) is 0 Å². The molecule has 0 N–H and O–H groups in total. The van der Waals surface area contributed by atoms with Crippen molar-refractivity contribution in [2.45, 2.75) is 39.2 Å². The van der Waals surface area contributed by atoms with Crippen molar-refractivity contribution >= 4 is 5.91 Å². The van der Waals surface area contributed by atoms with Crippen LogP contribution in [0, 0.1) is 13.8 Å². The number of aromatic nitrogens is 3. The molecule has 3 heterocycles.